The molecular weight excluding hydrogens is 266 g/mol. The summed E-state index contributed by atoms with van der Waals surface area (Å²) in [6, 6.07) is -0.329. The normalized spacial score (nSPS) is 34.8. The first kappa shape index (κ1) is 16.2. The molecule has 2 fully saturated rings. The topological polar surface area (TPSA) is 98.2 Å². The van der Waals surface area contributed by atoms with Crippen molar-refractivity contribution in [2.45, 2.75) is 51.1 Å². The Morgan fingerprint density at radius 2 is 1.74 bits per heavy atom. The summed E-state index contributed by atoms with van der Waals surface area (Å²) in [7, 11) is 0. The summed E-state index contributed by atoms with van der Waals surface area (Å²) in [6.45, 7) is 1.62. The number of nitrogens with one attached hydrogen (secondary N) is 1. The molecule has 5 N–H and O–H groups in total. The number of nitrogens with two attached hydrogens (primary N) is 2. The monoisotopic (exact) mass is 289 g/mol. The van der Waals surface area contributed by atoms with E-state index in [1.165, 1.54) is 6.42 Å². The largest absolute Gasteiger partial charge is 0.368 e. The van der Waals surface area contributed by atoms with Gasteiger partial charge in [0, 0.05) is 12.0 Å². The van der Waals surface area contributed by atoms with Crippen LogP contribution in [-0.2, 0) is 9.59 Å². The number of amides is 2. The minimum atomic E-state index is -0.590. The summed E-state index contributed by atoms with van der Waals surface area (Å²) in [6.07, 6.45) is 5.21. The third kappa shape index (κ3) is 3.60. The molecule has 3 atom stereocenters. The number of hydrogen-bond donors (Lipinski definition) is 3. The maximum atomic E-state index is 12.1. The van der Waals surface area contributed by atoms with Crippen LogP contribution in [-0.4, -0.2) is 23.9 Å². The molecule has 6 heteroatoms. The van der Waals surface area contributed by atoms with Crippen molar-refractivity contribution in [3.8, 4) is 0 Å². The van der Waals surface area contributed by atoms with Gasteiger partial charge in [-0.15, -0.1) is 12.4 Å². The third-order valence-corrected chi connectivity index (χ3v) is 4.57. The first-order chi connectivity index (χ1) is 8.49. The van der Waals surface area contributed by atoms with Crippen LogP contribution >= 0.6 is 12.4 Å². The van der Waals surface area contributed by atoms with Crippen molar-refractivity contribution >= 4 is 24.2 Å². The summed E-state index contributed by atoms with van der Waals surface area (Å²) >= 11 is 0. The highest BCUT2D eigenvalue weighted by molar-refractivity contribution is 5.87. The van der Waals surface area contributed by atoms with Crippen LogP contribution in [0.25, 0.3) is 0 Å². The van der Waals surface area contributed by atoms with Gasteiger partial charge in [0.05, 0.1) is 0 Å². The Bertz CT molecular complexity index is 337. The van der Waals surface area contributed by atoms with E-state index >= 15 is 0 Å². The number of fused-ring (bicyclic) bond motifs is 2. The molecule has 0 aromatic carbocycles. The number of hydrogen-bond acceptors (Lipinski definition) is 3. The van der Waals surface area contributed by atoms with E-state index in [1.54, 1.807) is 6.92 Å². The van der Waals surface area contributed by atoms with Crippen LogP contribution in [0.1, 0.15) is 39.0 Å². The fourth-order valence-corrected chi connectivity index (χ4v) is 3.41. The molecule has 2 aliphatic carbocycles. The van der Waals surface area contributed by atoms with Gasteiger partial charge in [0.2, 0.25) is 11.8 Å². The number of carbonyl (C=O) groups excluding carboxylic acids is 2. The van der Waals surface area contributed by atoms with E-state index in [4.69, 9.17) is 11.5 Å². The van der Waals surface area contributed by atoms with Crippen molar-refractivity contribution in [2.75, 3.05) is 0 Å². The molecule has 110 valence electrons. The maximum absolute atomic E-state index is 12.1. The van der Waals surface area contributed by atoms with E-state index in [0.717, 1.165) is 25.7 Å². The number of primary amides is 1. The predicted molar refractivity (Wildman–Crippen MR) is 75.6 cm³/mol. The van der Waals surface area contributed by atoms with Gasteiger partial charge in [-0.1, -0.05) is 6.42 Å². The lowest BCUT2D eigenvalue weighted by Gasteiger charge is -2.43. The molecular formula is C13H24ClN3O2. The molecule has 5 nitrogen and oxygen atoms in total. The molecule has 0 aromatic heterocycles. The van der Waals surface area contributed by atoms with Gasteiger partial charge in [-0.05, 0) is 44.4 Å². The molecule has 2 bridgehead atoms. The molecule has 0 radical (unpaired) electrons. The molecule has 0 aromatic rings. The molecule has 0 spiro atoms. The Morgan fingerprint density at radius 1 is 1.21 bits per heavy atom. The van der Waals surface area contributed by atoms with Crippen molar-refractivity contribution in [2.24, 2.45) is 29.2 Å². The Balaban J connectivity index is 0.00000180. The summed E-state index contributed by atoms with van der Waals surface area (Å²) in [5.74, 6) is 0.414. The van der Waals surface area contributed by atoms with Gasteiger partial charge < -0.3 is 16.8 Å². The van der Waals surface area contributed by atoms with Gasteiger partial charge in [-0.3, -0.25) is 9.59 Å². The molecule has 0 aliphatic heterocycles. The Morgan fingerprint density at radius 3 is 2.21 bits per heavy atom. The predicted octanol–water partition coefficient (Wildman–Crippen LogP) is 0.552. The van der Waals surface area contributed by atoms with Crippen LogP contribution in [0.3, 0.4) is 0 Å². The number of carbonyl (C=O) groups is 2. The Kier molecular flexibility index (Phi) is 5.62. The zero-order valence-electron chi connectivity index (χ0n) is 11.3. The van der Waals surface area contributed by atoms with Crippen LogP contribution in [0, 0.1) is 17.8 Å². The van der Waals surface area contributed by atoms with E-state index in [-0.39, 0.29) is 30.3 Å². The molecule has 0 heterocycles. The van der Waals surface area contributed by atoms with Crippen LogP contribution in [0.15, 0.2) is 0 Å². The maximum Gasteiger partial charge on any atom is 0.239 e. The molecule has 2 saturated carbocycles. The lowest BCUT2D eigenvalue weighted by atomic mass is 9.65. The molecule has 2 rings (SSSR count). The highest BCUT2D eigenvalue weighted by Gasteiger charge is 2.40. The van der Waals surface area contributed by atoms with Gasteiger partial charge in [0.15, 0.2) is 0 Å². The third-order valence-electron chi connectivity index (χ3n) is 4.57. The van der Waals surface area contributed by atoms with Gasteiger partial charge in [0.25, 0.3) is 0 Å². The zero-order valence-corrected chi connectivity index (χ0v) is 12.1. The smallest absolute Gasteiger partial charge is 0.239 e. The fourth-order valence-electron chi connectivity index (χ4n) is 3.41. The van der Waals surface area contributed by atoms with Crippen molar-refractivity contribution in [3.63, 3.8) is 0 Å². The zero-order chi connectivity index (χ0) is 13.3. The second kappa shape index (κ2) is 6.57. The summed E-state index contributed by atoms with van der Waals surface area (Å²) in [5, 5.41) is 2.70. The highest BCUT2D eigenvalue weighted by Crippen LogP contribution is 2.41. The summed E-state index contributed by atoms with van der Waals surface area (Å²) in [5.41, 5.74) is 11.3. The van der Waals surface area contributed by atoms with Crippen LogP contribution in [0.5, 0.6) is 0 Å². The van der Waals surface area contributed by atoms with Gasteiger partial charge in [0.1, 0.15) is 6.04 Å². The van der Waals surface area contributed by atoms with E-state index in [2.05, 4.69) is 5.32 Å². The van der Waals surface area contributed by atoms with Crippen molar-refractivity contribution in [1.29, 1.82) is 0 Å². The number of halogens is 1. The quantitative estimate of drug-likeness (QED) is 0.708. The summed E-state index contributed by atoms with van der Waals surface area (Å²) in [4.78, 5) is 23.0. The van der Waals surface area contributed by atoms with Gasteiger partial charge in [-0.25, -0.2) is 0 Å². The molecule has 2 amide bonds. The van der Waals surface area contributed by atoms with Crippen molar-refractivity contribution < 1.29 is 9.59 Å². The molecule has 0 saturated heterocycles. The molecule has 19 heavy (non-hydrogen) atoms. The Labute approximate surface area is 120 Å². The first-order valence-electron chi connectivity index (χ1n) is 6.84. The highest BCUT2D eigenvalue weighted by atomic mass is 35.5. The van der Waals surface area contributed by atoms with E-state index < -0.39 is 11.9 Å². The van der Waals surface area contributed by atoms with Crippen LogP contribution in [0.2, 0.25) is 0 Å². The minimum absolute atomic E-state index is 0. The minimum Gasteiger partial charge on any atom is -0.368 e. The van der Waals surface area contributed by atoms with E-state index in [0.29, 0.717) is 11.8 Å². The molecule has 2 unspecified atom stereocenters. The van der Waals surface area contributed by atoms with Gasteiger partial charge in [-0.2, -0.15) is 0 Å². The average molecular weight is 290 g/mol. The standard InChI is InChI=1S/C13H23N3O2.ClH/c1-7(12(15)17)16-13(18)10-5-8-3-2-4-9(6-10)11(8)14;/h7-11H,2-6,14H2,1H3,(H2,15,17)(H,16,18);1H/t7-,8?,9?,10?,11?;/m0./s1. The van der Waals surface area contributed by atoms with Crippen LogP contribution < -0.4 is 16.8 Å². The Hall–Kier alpha value is -0.810. The molecule has 2 aliphatic rings. The second-order valence-electron chi connectivity index (χ2n) is 5.83. The lowest BCUT2D eigenvalue weighted by Crippen LogP contribution is -2.51. The van der Waals surface area contributed by atoms with Crippen molar-refractivity contribution in [3.05, 3.63) is 0 Å². The SMILES string of the molecule is C[C@H](NC(=O)C1CC2CCCC(C1)C2N)C(N)=O.Cl. The van der Waals surface area contributed by atoms with Gasteiger partial charge >= 0.3 is 0 Å². The number of rotatable bonds is 3. The van der Waals surface area contributed by atoms with E-state index in [9.17, 15) is 9.59 Å². The second-order valence-corrected chi connectivity index (χ2v) is 5.83. The fraction of sp³-hybridized carbons (Fsp3) is 0.846. The van der Waals surface area contributed by atoms with Crippen molar-refractivity contribution in [1.82, 2.24) is 5.32 Å². The average Bonchev–Trinajstić information content (AvgIpc) is 2.27. The first-order valence-corrected chi connectivity index (χ1v) is 6.84. The van der Waals surface area contributed by atoms with Crippen LogP contribution in [0.4, 0.5) is 0 Å². The van der Waals surface area contributed by atoms with E-state index in [1.807, 2.05) is 0 Å². The lowest BCUT2D eigenvalue weighted by molar-refractivity contribution is -0.131. The summed E-state index contributed by atoms with van der Waals surface area (Å²) < 4.78 is 0.